The van der Waals surface area contributed by atoms with Gasteiger partial charge in [0.25, 0.3) is 0 Å². The normalized spacial score (nSPS) is 26.0. The average Bonchev–Trinajstić information content (AvgIpc) is 2.72. The van der Waals surface area contributed by atoms with Crippen LogP contribution in [-0.2, 0) is 14.3 Å². The fourth-order valence-electron chi connectivity index (χ4n) is 3.32. The maximum atomic E-state index is 11.8. The molecule has 0 N–H and O–H groups in total. The van der Waals surface area contributed by atoms with Gasteiger partial charge in [-0.1, -0.05) is 57.9 Å². The summed E-state index contributed by atoms with van der Waals surface area (Å²) in [5.41, 5.74) is 2.98. The van der Waals surface area contributed by atoms with Crippen molar-refractivity contribution in [1.82, 2.24) is 0 Å². The lowest BCUT2D eigenvalue weighted by Crippen LogP contribution is -2.27. The maximum absolute atomic E-state index is 11.8. The Bertz CT molecular complexity index is 558. The Kier molecular flexibility index (Phi) is 4.89. The fraction of sp³-hybridized carbons (Fsp3) is 0.700. The molecule has 2 rings (SSSR count). The first-order valence-electron chi connectivity index (χ1n) is 8.64. The molecule has 2 aliphatic rings. The Morgan fingerprint density at radius 1 is 1.17 bits per heavy atom. The molecule has 0 amide bonds. The number of allylic oxidation sites excluding steroid dienone is 4. The number of carbonyl (C=O) groups is 2. The van der Waals surface area contributed by atoms with E-state index in [0.717, 1.165) is 12.8 Å². The molecular weight excluding hydrogens is 288 g/mol. The summed E-state index contributed by atoms with van der Waals surface area (Å²) in [6, 6.07) is 0. The van der Waals surface area contributed by atoms with Crippen molar-refractivity contribution < 1.29 is 14.3 Å². The molecule has 0 saturated carbocycles. The summed E-state index contributed by atoms with van der Waals surface area (Å²) >= 11 is 0. The Morgan fingerprint density at radius 3 is 2.39 bits per heavy atom. The van der Waals surface area contributed by atoms with Crippen LogP contribution in [0.15, 0.2) is 23.3 Å². The van der Waals surface area contributed by atoms with Gasteiger partial charge in [-0.25, -0.2) is 0 Å². The number of cyclic esters (lactones) is 2. The van der Waals surface area contributed by atoms with Gasteiger partial charge in [-0.2, -0.15) is 0 Å². The minimum atomic E-state index is -0.336. The van der Waals surface area contributed by atoms with E-state index in [1.807, 2.05) is 0 Å². The van der Waals surface area contributed by atoms with Gasteiger partial charge in [0.15, 0.2) is 0 Å². The minimum absolute atomic E-state index is 0.0472. The zero-order valence-corrected chi connectivity index (χ0v) is 15.4. The largest absolute Gasteiger partial charge is 0.393 e. The van der Waals surface area contributed by atoms with Crippen molar-refractivity contribution in [3.05, 3.63) is 23.3 Å². The topological polar surface area (TPSA) is 43.4 Å². The second-order valence-corrected chi connectivity index (χ2v) is 8.68. The van der Waals surface area contributed by atoms with Crippen molar-refractivity contribution in [3.8, 4) is 0 Å². The summed E-state index contributed by atoms with van der Waals surface area (Å²) in [5, 5.41) is 0. The third kappa shape index (κ3) is 3.94. The molecule has 1 aliphatic heterocycles. The van der Waals surface area contributed by atoms with Crippen LogP contribution in [0.2, 0.25) is 0 Å². The molecule has 128 valence electrons. The summed E-state index contributed by atoms with van der Waals surface area (Å²) < 4.78 is 4.80. The highest BCUT2D eigenvalue weighted by Gasteiger charge is 2.47. The predicted molar refractivity (Wildman–Crippen MR) is 91.6 cm³/mol. The highest BCUT2D eigenvalue weighted by Crippen LogP contribution is 2.44. The van der Waals surface area contributed by atoms with E-state index < -0.39 is 0 Å². The Hall–Kier alpha value is -1.38. The monoisotopic (exact) mass is 318 g/mol. The van der Waals surface area contributed by atoms with E-state index in [4.69, 9.17) is 4.74 Å². The molecule has 0 radical (unpaired) electrons. The number of esters is 2. The molecule has 3 nitrogen and oxygen atoms in total. The molecule has 1 aliphatic carbocycles. The third-order valence-corrected chi connectivity index (χ3v) is 5.62. The molecule has 2 atom stereocenters. The van der Waals surface area contributed by atoms with Gasteiger partial charge in [0.2, 0.25) is 0 Å². The molecule has 1 saturated heterocycles. The second kappa shape index (κ2) is 6.26. The van der Waals surface area contributed by atoms with Crippen molar-refractivity contribution >= 4 is 11.9 Å². The molecule has 0 bridgehead atoms. The molecule has 2 unspecified atom stereocenters. The van der Waals surface area contributed by atoms with Crippen molar-refractivity contribution in [3.63, 3.8) is 0 Å². The molecule has 3 heteroatoms. The Morgan fingerprint density at radius 2 is 1.78 bits per heavy atom. The summed E-state index contributed by atoms with van der Waals surface area (Å²) in [5.74, 6) is -1.17. The molecule has 1 fully saturated rings. The molecule has 0 aromatic rings. The van der Waals surface area contributed by atoms with E-state index in [9.17, 15) is 9.59 Å². The van der Waals surface area contributed by atoms with Crippen LogP contribution in [0.1, 0.15) is 67.2 Å². The smallest absolute Gasteiger partial charge is 0.317 e. The number of ether oxygens (including phenoxy) is 1. The van der Waals surface area contributed by atoms with Gasteiger partial charge in [-0.15, -0.1) is 0 Å². The van der Waals surface area contributed by atoms with E-state index in [1.165, 1.54) is 11.1 Å². The lowest BCUT2D eigenvalue weighted by atomic mass is 9.70. The lowest BCUT2D eigenvalue weighted by Gasteiger charge is -2.33. The zero-order chi connectivity index (χ0) is 17.4. The van der Waals surface area contributed by atoms with Crippen molar-refractivity contribution in [2.75, 3.05) is 0 Å². The van der Waals surface area contributed by atoms with E-state index in [2.05, 4.69) is 53.7 Å². The van der Waals surface area contributed by atoms with Gasteiger partial charge in [-0.05, 0) is 43.4 Å². The van der Waals surface area contributed by atoms with Gasteiger partial charge in [0, 0.05) is 0 Å². The van der Waals surface area contributed by atoms with Crippen molar-refractivity contribution in [1.29, 1.82) is 0 Å². The molecule has 23 heavy (non-hydrogen) atoms. The van der Waals surface area contributed by atoms with Crippen LogP contribution in [0, 0.1) is 22.7 Å². The number of rotatable bonds is 4. The summed E-state index contributed by atoms with van der Waals surface area (Å²) in [4.78, 5) is 23.5. The second-order valence-electron chi connectivity index (χ2n) is 8.68. The molecule has 0 aromatic heterocycles. The minimum Gasteiger partial charge on any atom is -0.393 e. The number of carbonyl (C=O) groups excluding carboxylic acids is 2. The average molecular weight is 318 g/mol. The van der Waals surface area contributed by atoms with E-state index in [-0.39, 0.29) is 34.6 Å². The van der Waals surface area contributed by atoms with Crippen LogP contribution in [0.3, 0.4) is 0 Å². The standard InChI is InChI=1S/C20H30O3/c1-13(19(2,3)4)8-7-11-20(5,6)14-9-10-15-16(12-14)18(22)23-17(15)21/h8-9,15-16H,7,10-12H2,1-6H3. The zero-order valence-electron chi connectivity index (χ0n) is 15.4. The first-order valence-corrected chi connectivity index (χ1v) is 8.64. The molecule has 0 spiro atoms. The molecule has 0 aromatic carbocycles. The highest BCUT2D eigenvalue weighted by molar-refractivity contribution is 5.97. The van der Waals surface area contributed by atoms with Gasteiger partial charge < -0.3 is 4.74 Å². The first-order chi connectivity index (χ1) is 10.5. The lowest BCUT2D eigenvalue weighted by molar-refractivity contribution is -0.153. The highest BCUT2D eigenvalue weighted by atomic mass is 16.6. The summed E-state index contributed by atoms with van der Waals surface area (Å²) in [6.07, 6.45) is 7.90. The summed E-state index contributed by atoms with van der Waals surface area (Å²) in [7, 11) is 0. The van der Waals surface area contributed by atoms with Gasteiger partial charge in [-0.3, -0.25) is 9.59 Å². The Balaban J connectivity index is 2.02. The third-order valence-electron chi connectivity index (χ3n) is 5.62. The Labute approximate surface area is 140 Å². The quantitative estimate of drug-likeness (QED) is 0.424. The van der Waals surface area contributed by atoms with Crippen LogP contribution >= 0.6 is 0 Å². The van der Waals surface area contributed by atoms with Gasteiger partial charge in [0.05, 0.1) is 11.8 Å². The van der Waals surface area contributed by atoms with E-state index >= 15 is 0 Å². The van der Waals surface area contributed by atoms with Crippen LogP contribution in [0.25, 0.3) is 0 Å². The predicted octanol–water partition coefficient (Wildman–Crippen LogP) is 4.82. The first kappa shape index (κ1) is 18.0. The van der Waals surface area contributed by atoms with Crippen LogP contribution in [0.4, 0.5) is 0 Å². The van der Waals surface area contributed by atoms with E-state index in [0.29, 0.717) is 12.8 Å². The molecule has 1 heterocycles. The fourth-order valence-corrected chi connectivity index (χ4v) is 3.32. The maximum Gasteiger partial charge on any atom is 0.317 e. The molecular formula is C20H30O3. The van der Waals surface area contributed by atoms with Crippen LogP contribution in [0.5, 0.6) is 0 Å². The van der Waals surface area contributed by atoms with E-state index in [1.54, 1.807) is 0 Å². The van der Waals surface area contributed by atoms with Gasteiger partial charge in [0.1, 0.15) is 0 Å². The van der Waals surface area contributed by atoms with Gasteiger partial charge >= 0.3 is 11.9 Å². The number of hydrogen-bond acceptors (Lipinski definition) is 3. The number of fused-ring (bicyclic) bond motifs is 1. The SMILES string of the molecule is CC(=CCCC(C)(C)C1=CCC2C(=O)OC(=O)C2C1)C(C)(C)C. The van der Waals surface area contributed by atoms with Crippen LogP contribution < -0.4 is 0 Å². The van der Waals surface area contributed by atoms with Crippen molar-refractivity contribution in [2.24, 2.45) is 22.7 Å². The van der Waals surface area contributed by atoms with Crippen molar-refractivity contribution in [2.45, 2.75) is 67.2 Å². The number of hydrogen-bond donors (Lipinski definition) is 0. The van der Waals surface area contributed by atoms with Crippen LogP contribution in [-0.4, -0.2) is 11.9 Å². The summed E-state index contributed by atoms with van der Waals surface area (Å²) in [6.45, 7) is 13.4.